The van der Waals surface area contributed by atoms with Crippen LogP contribution in [0.3, 0.4) is 0 Å². The highest BCUT2D eigenvalue weighted by Gasteiger charge is 2.37. The number of aryl methyl sites for hydroxylation is 2. The van der Waals surface area contributed by atoms with Gasteiger partial charge in [0.25, 0.3) is 5.91 Å². The molecule has 22 heavy (non-hydrogen) atoms. The number of carbonyl (C=O) groups excluding carboxylic acids is 1. The van der Waals surface area contributed by atoms with Gasteiger partial charge in [0.15, 0.2) is 11.4 Å². The second-order valence-electron chi connectivity index (χ2n) is 5.20. The molecule has 0 saturated carbocycles. The topological polar surface area (TPSA) is 98.3 Å². The molecule has 0 spiro atoms. The minimum atomic E-state index is -0.745. The molecule has 0 aliphatic carbocycles. The Hall–Kier alpha value is -2.42. The van der Waals surface area contributed by atoms with Crippen molar-refractivity contribution in [3.63, 3.8) is 0 Å². The van der Waals surface area contributed by atoms with Gasteiger partial charge >= 0.3 is 0 Å². The Labute approximate surface area is 127 Å². The maximum Gasteiger partial charge on any atom is 0.276 e. The summed E-state index contributed by atoms with van der Waals surface area (Å²) >= 11 is 0. The van der Waals surface area contributed by atoms with Gasteiger partial charge in [-0.25, -0.2) is 0 Å². The third-order valence-electron chi connectivity index (χ3n) is 3.53. The molecule has 2 atom stereocenters. The molecule has 9 heteroatoms. The number of aliphatic hydroxyl groups excluding tert-OH is 1. The van der Waals surface area contributed by atoms with Gasteiger partial charge in [-0.05, 0) is 6.92 Å². The van der Waals surface area contributed by atoms with Crippen molar-refractivity contribution >= 4 is 5.91 Å². The minimum Gasteiger partial charge on any atom is -0.482 e. The number of aliphatic hydroxyl groups is 1. The average Bonchev–Trinajstić information content (AvgIpc) is 3.20. The number of rotatable bonds is 4. The van der Waals surface area contributed by atoms with E-state index in [2.05, 4.69) is 15.3 Å². The van der Waals surface area contributed by atoms with Crippen LogP contribution in [0.5, 0.6) is 5.75 Å². The molecular formula is C13H18N6O3. The normalized spacial score (nSPS) is 21.3. The number of amides is 1. The maximum atomic E-state index is 12.4. The van der Waals surface area contributed by atoms with Crippen LogP contribution in [0.4, 0.5) is 0 Å². The first-order valence-corrected chi connectivity index (χ1v) is 7.09. The van der Waals surface area contributed by atoms with E-state index < -0.39 is 12.2 Å². The van der Waals surface area contributed by atoms with Crippen LogP contribution in [-0.4, -0.2) is 66.0 Å². The van der Waals surface area contributed by atoms with Crippen LogP contribution in [0, 0.1) is 0 Å². The van der Waals surface area contributed by atoms with Crippen molar-refractivity contribution in [2.45, 2.75) is 25.7 Å². The first kappa shape index (κ1) is 14.5. The zero-order valence-corrected chi connectivity index (χ0v) is 12.5. The maximum absolute atomic E-state index is 12.4. The Morgan fingerprint density at radius 2 is 2.23 bits per heavy atom. The number of hydrogen-bond donors (Lipinski definition) is 1. The lowest BCUT2D eigenvalue weighted by molar-refractivity contribution is 0.0728. The lowest BCUT2D eigenvalue weighted by Gasteiger charge is -2.15. The molecular weight excluding hydrogens is 288 g/mol. The number of likely N-dealkylation sites (tertiary alicyclic amines) is 1. The quantitative estimate of drug-likeness (QED) is 0.802. The lowest BCUT2D eigenvalue weighted by atomic mass is 10.3. The van der Waals surface area contributed by atoms with Crippen LogP contribution >= 0.6 is 0 Å². The largest absolute Gasteiger partial charge is 0.482 e. The van der Waals surface area contributed by atoms with E-state index in [9.17, 15) is 9.90 Å². The molecule has 1 amide bonds. The number of ether oxygens (including phenoxy) is 1. The van der Waals surface area contributed by atoms with E-state index >= 15 is 0 Å². The zero-order chi connectivity index (χ0) is 15.7. The lowest BCUT2D eigenvalue weighted by Crippen LogP contribution is -2.31. The highest BCUT2D eigenvalue weighted by atomic mass is 16.5. The van der Waals surface area contributed by atoms with Crippen LogP contribution in [-0.2, 0) is 13.6 Å². The number of β-amino-alcohol motifs (C(OH)–C–C–N with tert-alkyl or cyclic N) is 1. The molecule has 0 unspecified atom stereocenters. The van der Waals surface area contributed by atoms with E-state index in [-0.39, 0.29) is 18.1 Å². The van der Waals surface area contributed by atoms with Gasteiger partial charge in [-0.3, -0.25) is 9.48 Å². The SMILES string of the molecule is CCn1ncc(C(=O)N2C[C@@H](O)[C@H](Oc3cnn(C)c3)C2)n1. The summed E-state index contributed by atoms with van der Waals surface area (Å²) in [6.45, 7) is 3.00. The molecule has 2 aromatic heterocycles. The predicted molar refractivity (Wildman–Crippen MR) is 75.2 cm³/mol. The molecule has 9 nitrogen and oxygen atoms in total. The first-order chi connectivity index (χ1) is 10.6. The van der Waals surface area contributed by atoms with Crippen LogP contribution < -0.4 is 4.74 Å². The fourth-order valence-electron chi connectivity index (χ4n) is 2.38. The smallest absolute Gasteiger partial charge is 0.276 e. The highest BCUT2D eigenvalue weighted by molar-refractivity contribution is 5.92. The first-order valence-electron chi connectivity index (χ1n) is 7.09. The summed E-state index contributed by atoms with van der Waals surface area (Å²) in [5.74, 6) is 0.314. The monoisotopic (exact) mass is 306 g/mol. The summed E-state index contributed by atoms with van der Waals surface area (Å²) in [6.07, 6.45) is 3.50. The molecule has 2 aromatic rings. The Balaban J connectivity index is 1.65. The van der Waals surface area contributed by atoms with Crippen molar-refractivity contribution in [1.29, 1.82) is 0 Å². The molecule has 1 fully saturated rings. The molecule has 118 valence electrons. The van der Waals surface area contributed by atoms with Crippen molar-refractivity contribution in [2.75, 3.05) is 13.1 Å². The summed E-state index contributed by atoms with van der Waals surface area (Å²) in [5.41, 5.74) is 0.274. The van der Waals surface area contributed by atoms with E-state index in [4.69, 9.17) is 4.74 Å². The number of carbonyl (C=O) groups is 1. The summed E-state index contributed by atoms with van der Waals surface area (Å²) in [6, 6.07) is 0. The summed E-state index contributed by atoms with van der Waals surface area (Å²) in [4.78, 5) is 15.3. The van der Waals surface area contributed by atoms with Crippen LogP contribution in [0.2, 0.25) is 0 Å². The summed E-state index contributed by atoms with van der Waals surface area (Å²) in [7, 11) is 1.78. The standard InChI is InChI=1S/C13H18N6O3/c1-3-19-15-5-10(16-19)13(21)18-7-11(20)12(8-18)22-9-4-14-17(2)6-9/h4-6,11-12,20H,3,7-8H2,1-2H3/t11-,12-/m1/s1. The van der Waals surface area contributed by atoms with Gasteiger partial charge in [-0.1, -0.05) is 0 Å². The Morgan fingerprint density at radius 1 is 1.41 bits per heavy atom. The van der Waals surface area contributed by atoms with Crippen molar-refractivity contribution in [1.82, 2.24) is 29.7 Å². The summed E-state index contributed by atoms with van der Waals surface area (Å²) < 4.78 is 7.30. The number of nitrogens with zero attached hydrogens (tertiary/aromatic N) is 6. The van der Waals surface area contributed by atoms with E-state index in [1.807, 2.05) is 6.92 Å². The van der Waals surface area contributed by atoms with Gasteiger partial charge in [0.05, 0.1) is 38.2 Å². The van der Waals surface area contributed by atoms with Gasteiger partial charge in [-0.2, -0.15) is 15.0 Å². The van der Waals surface area contributed by atoms with Gasteiger partial charge < -0.3 is 14.7 Å². The molecule has 0 radical (unpaired) electrons. The molecule has 1 saturated heterocycles. The van der Waals surface area contributed by atoms with E-state index in [1.54, 1.807) is 24.1 Å². The van der Waals surface area contributed by atoms with E-state index in [1.165, 1.54) is 15.9 Å². The van der Waals surface area contributed by atoms with Crippen LogP contribution in [0.25, 0.3) is 0 Å². The third-order valence-corrected chi connectivity index (χ3v) is 3.53. The van der Waals surface area contributed by atoms with Crippen molar-refractivity contribution in [2.24, 2.45) is 7.05 Å². The third kappa shape index (κ3) is 2.80. The second kappa shape index (κ2) is 5.76. The van der Waals surface area contributed by atoms with Gasteiger partial charge in [0.2, 0.25) is 0 Å². The van der Waals surface area contributed by atoms with E-state index in [0.717, 1.165) is 0 Å². The predicted octanol–water partition coefficient (Wildman–Crippen LogP) is -0.704. The van der Waals surface area contributed by atoms with Crippen LogP contribution in [0.15, 0.2) is 18.6 Å². The number of aromatic nitrogens is 5. The van der Waals surface area contributed by atoms with Gasteiger partial charge in [0, 0.05) is 7.05 Å². The van der Waals surface area contributed by atoms with Crippen molar-refractivity contribution in [3.05, 3.63) is 24.3 Å². The Bertz CT molecular complexity index is 666. The molecule has 1 aliphatic rings. The second-order valence-corrected chi connectivity index (χ2v) is 5.20. The molecule has 0 aromatic carbocycles. The Morgan fingerprint density at radius 3 is 2.86 bits per heavy atom. The fraction of sp³-hybridized carbons (Fsp3) is 0.538. The molecule has 3 rings (SSSR count). The highest BCUT2D eigenvalue weighted by Crippen LogP contribution is 2.19. The van der Waals surface area contributed by atoms with Crippen molar-refractivity contribution < 1.29 is 14.6 Å². The molecule has 1 N–H and O–H groups in total. The zero-order valence-electron chi connectivity index (χ0n) is 12.5. The van der Waals surface area contributed by atoms with E-state index in [0.29, 0.717) is 18.8 Å². The fourth-order valence-corrected chi connectivity index (χ4v) is 2.38. The Kier molecular flexibility index (Phi) is 3.80. The molecule has 0 bridgehead atoms. The van der Waals surface area contributed by atoms with Crippen molar-refractivity contribution in [3.8, 4) is 5.75 Å². The molecule has 3 heterocycles. The number of hydrogen-bond acceptors (Lipinski definition) is 6. The van der Waals surface area contributed by atoms with Crippen LogP contribution in [0.1, 0.15) is 17.4 Å². The minimum absolute atomic E-state index is 0.211. The molecule has 1 aliphatic heterocycles. The summed E-state index contributed by atoms with van der Waals surface area (Å²) in [5, 5.41) is 22.2. The average molecular weight is 306 g/mol. The van der Waals surface area contributed by atoms with Gasteiger partial charge in [-0.15, -0.1) is 5.10 Å². The van der Waals surface area contributed by atoms with Gasteiger partial charge in [0.1, 0.15) is 12.2 Å².